The minimum Gasteiger partial charge on any atom is -0.338 e. The molecule has 3 fully saturated rings. The van der Waals surface area contributed by atoms with E-state index in [-0.39, 0.29) is 5.54 Å². The quantitative estimate of drug-likeness (QED) is 0.445. The monoisotopic (exact) mass is 466 g/mol. The molecule has 2 heteroatoms. The topological polar surface area (TPSA) is 6.48 Å². The summed E-state index contributed by atoms with van der Waals surface area (Å²) in [5.74, 6) is 2.33. The number of aryl methyl sites for hydroxylation is 1. The SMILES string of the molecule is CC1=C2c3ccccc3C(C3CCCC3)(C3CCCC3)N2C(C2CCCC2)N1c1ccccc1C. The van der Waals surface area contributed by atoms with Gasteiger partial charge in [0.2, 0.25) is 0 Å². The number of fused-ring (bicyclic) bond motifs is 3. The van der Waals surface area contributed by atoms with E-state index in [9.17, 15) is 0 Å². The molecular weight excluding hydrogens is 424 g/mol. The molecule has 0 radical (unpaired) electrons. The lowest BCUT2D eigenvalue weighted by Gasteiger charge is -2.53. The molecule has 3 saturated carbocycles. The number of allylic oxidation sites excluding steroid dienone is 1. The van der Waals surface area contributed by atoms with Gasteiger partial charge in [-0.05, 0) is 87.3 Å². The Balaban J connectivity index is 1.51. The van der Waals surface area contributed by atoms with Gasteiger partial charge in [0.1, 0.15) is 6.17 Å². The third kappa shape index (κ3) is 3.01. The van der Waals surface area contributed by atoms with Crippen LogP contribution in [0, 0.1) is 24.7 Å². The van der Waals surface area contributed by atoms with Crippen LogP contribution in [0.4, 0.5) is 5.69 Å². The molecule has 2 nitrogen and oxygen atoms in total. The Bertz CT molecular complexity index is 1110. The van der Waals surface area contributed by atoms with E-state index >= 15 is 0 Å². The van der Waals surface area contributed by atoms with Gasteiger partial charge in [-0.1, -0.05) is 81.0 Å². The Kier molecular flexibility index (Phi) is 5.30. The van der Waals surface area contributed by atoms with E-state index in [1.54, 1.807) is 16.8 Å². The summed E-state index contributed by atoms with van der Waals surface area (Å²) in [6.07, 6.45) is 17.3. The first kappa shape index (κ1) is 22.0. The minimum atomic E-state index is 0.185. The van der Waals surface area contributed by atoms with Crippen LogP contribution in [0.1, 0.15) is 101 Å². The predicted molar refractivity (Wildman–Crippen MR) is 146 cm³/mol. The van der Waals surface area contributed by atoms with E-state index in [4.69, 9.17) is 0 Å². The van der Waals surface area contributed by atoms with E-state index in [2.05, 4.69) is 72.2 Å². The number of hydrogen-bond donors (Lipinski definition) is 0. The molecule has 7 rings (SSSR count). The van der Waals surface area contributed by atoms with Gasteiger partial charge in [-0.3, -0.25) is 0 Å². The molecule has 0 saturated heterocycles. The second kappa shape index (κ2) is 8.43. The standard InChI is InChI=1S/C33H42N2/c1-23-13-3-12-22-30(23)34-24(2)31-28-20-10-11-21-29(28)33(26-16-6-7-17-26,27-18-8-9-19-27)35(31)32(34)25-14-4-5-15-25/h3,10-13,20-22,25-27,32H,4-9,14-19H2,1-2H3. The van der Waals surface area contributed by atoms with Gasteiger partial charge in [-0.2, -0.15) is 0 Å². The second-order valence-electron chi connectivity index (χ2n) is 12.3. The zero-order valence-electron chi connectivity index (χ0n) is 21.8. The van der Waals surface area contributed by atoms with Crippen molar-refractivity contribution in [2.24, 2.45) is 17.8 Å². The maximum absolute atomic E-state index is 3.11. The highest BCUT2D eigenvalue weighted by Gasteiger charge is 2.63. The summed E-state index contributed by atoms with van der Waals surface area (Å²) in [7, 11) is 0. The molecule has 2 aromatic carbocycles. The van der Waals surface area contributed by atoms with Crippen LogP contribution >= 0.6 is 0 Å². The van der Waals surface area contributed by atoms with Gasteiger partial charge >= 0.3 is 0 Å². The van der Waals surface area contributed by atoms with Crippen LogP contribution in [0.5, 0.6) is 0 Å². The summed E-state index contributed by atoms with van der Waals surface area (Å²) >= 11 is 0. The van der Waals surface area contributed by atoms with Crippen LogP contribution in [0.3, 0.4) is 0 Å². The lowest BCUT2D eigenvalue weighted by Crippen LogP contribution is -2.58. The Hall–Kier alpha value is -2.22. The molecule has 0 N–H and O–H groups in total. The molecular formula is C33H42N2. The van der Waals surface area contributed by atoms with Gasteiger partial charge < -0.3 is 9.80 Å². The van der Waals surface area contributed by atoms with E-state index in [1.165, 1.54) is 94.0 Å². The Morgan fingerprint density at radius 3 is 1.91 bits per heavy atom. The van der Waals surface area contributed by atoms with Gasteiger partial charge in [-0.25, -0.2) is 0 Å². The molecule has 2 heterocycles. The van der Waals surface area contributed by atoms with E-state index < -0.39 is 0 Å². The van der Waals surface area contributed by atoms with Crippen LogP contribution in [-0.4, -0.2) is 11.1 Å². The summed E-state index contributed by atoms with van der Waals surface area (Å²) in [5, 5.41) is 0. The van der Waals surface area contributed by atoms with Gasteiger partial charge in [0.15, 0.2) is 0 Å². The van der Waals surface area contributed by atoms with Crippen molar-refractivity contribution in [3.63, 3.8) is 0 Å². The van der Waals surface area contributed by atoms with Crippen LogP contribution < -0.4 is 4.90 Å². The summed E-state index contributed by atoms with van der Waals surface area (Å²) < 4.78 is 0. The highest BCUT2D eigenvalue weighted by atomic mass is 15.5. The van der Waals surface area contributed by atoms with Gasteiger partial charge in [0.05, 0.1) is 11.2 Å². The van der Waals surface area contributed by atoms with Crippen molar-refractivity contribution in [3.8, 4) is 0 Å². The molecule has 184 valence electrons. The Morgan fingerprint density at radius 1 is 0.686 bits per heavy atom. The third-order valence-electron chi connectivity index (χ3n) is 10.6. The number of benzene rings is 2. The second-order valence-corrected chi connectivity index (χ2v) is 12.3. The van der Waals surface area contributed by atoms with E-state index in [0.717, 1.165) is 17.8 Å². The highest BCUT2D eigenvalue weighted by Crippen LogP contribution is 2.65. The van der Waals surface area contributed by atoms with Crippen molar-refractivity contribution < 1.29 is 0 Å². The molecule has 35 heavy (non-hydrogen) atoms. The maximum Gasteiger partial charge on any atom is 0.110 e. The molecule has 2 aliphatic heterocycles. The van der Waals surface area contributed by atoms with E-state index in [0.29, 0.717) is 6.17 Å². The van der Waals surface area contributed by atoms with Crippen molar-refractivity contribution in [2.75, 3.05) is 4.90 Å². The van der Waals surface area contributed by atoms with Crippen LogP contribution in [0.15, 0.2) is 54.2 Å². The summed E-state index contributed by atoms with van der Waals surface area (Å²) in [4.78, 5) is 5.93. The van der Waals surface area contributed by atoms with Crippen molar-refractivity contribution >= 4 is 11.4 Å². The number of hydrogen-bond acceptors (Lipinski definition) is 2. The summed E-state index contributed by atoms with van der Waals surface area (Å²) in [6, 6.07) is 18.8. The lowest BCUT2D eigenvalue weighted by atomic mass is 9.67. The zero-order valence-corrected chi connectivity index (χ0v) is 21.8. The average Bonchev–Trinajstić information content (AvgIpc) is 3.70. The maximum atomic E-state index is 3.11. The highest BCUT2D eigenvalue weighted by molar-refractivity contribution is 5.83. The molecule has 5 aliphatic rings. The van der Waals surface area contributed by atoms with Crippen molar-refractivity contribution in [1.29, 1.82) is 0 Å². The molecule has 3 aliphatic carbocycles. The number of nitrogens with zero attached hydrogens (tertiary/aromatic N) is 2. The largest absolute Gasteiger partial charge is 0.338 e. The summed E-state index contributed by atoms with van der Waals surface area (Å²) in [6.45, 7) is 4.76. The van der Waals surface area contributed by atoms with Crippen molar-refractivity contribution in [2.45, 2.75) is 103 Å². The van der Waals surface area contributed by atoms with Gasteiger partial charge in [-0.15, -0.1) is 0 Å². The fourth-order valence-corrected chi connectivity index (χ4v) is 9.36. The minimum absolute atomic E-state index is 0.185. The van der Waals surface area contributed by atoms with Gasteiger partial charge in [0, 0.05) is 16.9 Å². The average molecular weight is 467 g/mol. The third-order valence-corrected chi connectivity index (χ3v) is 10.6. The lowest BCUT2D eigenvalue weighted by molar-refractivity contribution is -0.00431. The van der Waals surface area contributed by atoms with E-state index in [1.807, 2.05) is 0 Å². The molecule has 1 unspecified atom stereocenters. The number of para-hydroxylation sites is 1. The molecule has 0 bridgehead atoms. The number of anilines is 1. The zero-order chi connectivity index (χ0) is 23.6. The van der Waals surface area contributed by atoms with Crippen molar-refractivity contribution in [1.82, 2.24) is 4.90 Å². The first-order valence-electron chi connectivity index (χ1n) is 14.7. The Labute approximate surface area is 212 Å². The summed E-state index contributed by atoms with van der Waals surface area (Å²) in [5.41, 5.74) is 9.38. The van der Waals surface area contributed by atoms with Crippen LogP contribution in [0.2, 0.25) is 0 Å². The fourth-order valence-electron chi connectivity index (χ4n) is 9.36. The normalized spacial score (nSPS) is 26.9. The molecule has 0 aromatic heterocycles. The first-order chi connectivity index (χ1) is 17.2. The molecule has 0 amide bonds. The van der Waals surface area contributed by atoms with Crippen molar-refractivity contribution in [3.05, 3.63) is 70.9 Å². The van der Waals surface area contributed by atoms with Crippen LogP contribution in [-0.2, 0) is 5.54 Å². The number of rotatable bonds is 4. The fraction of sp³-hybridized carbons (Fsp3) is 0.576. The molecule has 1 atom stereocenters. The van der Waals surface area contributed by atoms with Gasteiger partial charge in [0.25, 0.3) is 0 Å². The van der Waals surface area contributed by atoms with Crippen LogP contribution in [0.25, 0.3) is 5.70 Å². The first-order valence-corrected chi connectivity index (χ1v) is 14.7. The smallest absolute Gasteiger partial charge is 0.110 e. The molecule has 0 spiro atoms. The Morgan fingerprint density at radius 2 is 1.26 bits per heavy atom. The molecule has 2 aromatic rings. The predicted octanol–water partition coefficient (Wildman–Crippen LogP) is 8.61.